The Balaban J connectivity index is 2.31. The fraction of sp³-hybridized carbons (Fsp3) is 0.238. The van der Waals surface area contributed by atoms with Gasteiger partial charge in [0.25, 0.3) is 0 Å². The van der Waals surface area contributed by atoms with Crippen LogP contribution in [0.15, 0.2) is 53.2 Å². The van der Waals surface area contributed by atoms with E-state index in [1.165, 1.54) is 6.08 Å². The van der Waals surface area contributed by atoms with E-state index in [-0.39, 0.29) is 11.5 Å². The largest absolute Gasteiger partial charge is 0.513 e. The number of nitrogens with one attached hydrogen (secondary N) is 1. The van der Waals surface area contributed by atoms with Crippen molar-refractivity contribution < 1.29 is 10.2 Å². The van der Waals surface area contributed by atoms with Crippen LogP contribution in [0.1, 0.15) is 30.0 Å². The molecule has 0 aliphatic carbocycles. The van der Waals surface area contributed by atoms with E-state index in [0.29, 0.717) is 32.7 Å². The van der Waals surface area contributed by atoms with Crippen molar-refractivity contribution in [2.45, 2.75) is 26.7 Å². The number of hydrogen-bond donors (Lipinski definition) is 3. The van der Waals surface area contributed by atoms with Crippen LogP contribution in [0.3, 0.4) is 0 Å². The van der Waals surface area contributed by atoms with Crippen LogP contribution in [0.2, 0.25) is 0 Å². The van der Waals surface area contributed by atoms with Gasteiger partial charge in [-0.1, -0.05) is 38.9 Å². The molecule has 0 aromatic heterocycles. The van der Waals surface area contributed by atoms with Gasteiger partial charge >= 0.3 is 0 Å². The quantitative estimate of drug-likeness (QED) is 0.373. The molecule has 0 spiro atoms. The summed E-state index contributed by atoms with van der Waals surface area (Å²) in [7, 11) is 0.601. The zero-order valence-electron chi connectivity index (χ0n) is 15.4. The highest BCUT2D eigenvalue weighted by Gasteiger charge is 2.08. The van der Waals surface area contributed by atoms with Gasteiger partial charge < -0.3 is 15.6 Å². The molecular weight excluding hydrogens is 343 g/mol. The Morgan fingerprint density at radius 2 is 1.96 bits per heavy atom. The third-order valence-electron chi connectivity index (χ3n) is 4.04. The molecule has 1 unspecified atom stereocenters. The molecule has 0 fully saturated rings. The number of aliphatic imine (C=N–C) groups is 1. The van der Waals surface area contributed by atoms with E-state index in [1.807, 2.05) is 37.3 Å². The second kappa shape index (κ2) is 9.30. The second-order valence-electron chi connectivity index (χ2n) is 6.15. The average Bonchev–Trinajstić information content (AvgIpc) is 2.60. The highest BCUT2D eigenvalue weighted by Crippen LogP contribution is 2.26. The van der Waals surface area contributed by atoms with Gasteiger partial charge in [0, 0.05) is 17.5 Å². The highest BCUT2D eigenvalue weighted by atomic mass is 31.1. The van der Waals surface area contributed by atoms with Gasteiger partial charge in [-0.3, -0.25) is 4.99 Å². The molecule has 3 N–H and O–H groups in total. The van der Waals surface area contributed by atoms with Crippen LogP contribution >= 0.6 is 8.58 Å². The van der Waals surface area contributed by atoms with Crippen molar-refractivity contribution in [3.8, 4) is 5.75 Å². The number of aliphatic hydroxyl groups is 1. The standard InChI is InChI=1S/C21H25N2O2P/c1-14-6-4-8-17(21(14)25)13-23-20-16(7-5-9-19(20)26-3)10-11-18(22)12-15(2)24/h4-9,12-13,22,24-26H,10-11H2,1-3H3/b15-12-,22-18?,23-13+. The Labute approximate surface area is 156 Å². The summed E-state index contributed by atoms with van der Waals surface area (Å²) in [6.45, 7) is 5.54. The number of benzene rings is 2. The number of aliphatic hydroxyl groups excluding tert-OH is 1. The average molecular weight is 368 g/mol. The summed E-state index contributed by atoms with van der Waals surface area (Å²) in [5, 5.41) is 28.6. The number of para-hydroxylation sites is 2. The molecule has 0 saturated heterocycles. The second-order valence-corrected chi connectivity index (χ2v) is 7.18. The Kier molecular flexibility index (Phi) is 7.11. The first-order chi connectivity index (χ1) is 12.4. The summed E-state index contributed by atoms with van der Waals surface area (Å²) >= 11 is 0. The molecule has 0 amide bonds. The maximum Gasteiger partial charge on any atom is 0.127 e. The molecule has 2 aromatic rings. The molecule has 1 atom stereocenters. The SMILES string of the molecule is CPc1cccc(CCC(=N)/C=C(/C)O)c1/N=C/c1cccc(C)c1O. The summed E-state index contributed by atoms with van der Waals surface area (Å²) in [5.41, 5.74) is 3.87. The third-order valence-corrected chi connectivity index (χ3v) is 4.98. The van der Waals surface area contributed by atoms with E-state index in [9.17, 15) is 10.2 Å². The lowest BCUT2D eigenvalue weighted by Crippen LogP contribution is -2.02. The zero-order valence-corrected chi connectivity index (χ0v) is 16.4. The first-order valence-electron chi connectivity index (χ1n) is 8.49. The van der Waals surface area contributed by atoms with E-state index in [2.05, 4.69) is 17.7 Å². The lowest BCUT2D eigenvalue weighted by atomic mass is 10.0. The molecular formula is C21H25N2O2P. The first-order valence-corrected chi connectivity index (χ1v) is 9.99. The van der Waals surface area contributed by atoms with Crippen LogP contribution in [0.25, 0.3) is 0 Å². The number of aromatic hydroxyl groups is 1. The molecule has 0 bridgehead atoms. The van der Waals surface area contributed by atoms with Crippen LogP contribution in [0, 0.1) is 12.3 Å². The number of rotatable bonds is 7. The number of phenolic OH excluding ortho intramolecular Hbond substituents is 1. The Hall–Kier alpha value is -2.45. The lowest BCUT2D eigenvalue weighted by molar-refractivity contribution is 0.415. The minimum Gasteiger partial charge on any atom is -0.513 e. The summed E-state index contributed by atoms with van der Waals surface area (Å²) in [4.78, 5) is 4.67. The van der Waals surface area contributed by atoms with Crippen molar-refractivity contribution in [2.75, 3.05) is 6.66 Å². The minimum atomic E-state index is 0.145. The van der Waals surface area contributed by atoms with Crippen molar-refractivity contribution in [3.63, 3.8) is 0 Å². The van der Waals surface area contributed by atoms with E-state index >= 15 is 0 Å². The topological polar surface area (TPSA) is 76.7 Å². The van der Waals surface area contributed by atoms with Crippen molar-refractivity contribution in [1.82, 2.24) is 0 Å². The van der Waals surface area contributed by atoms with Gasteiger partial charge in [-0.2, -0.15) is 0 Å². The van der Waals surface area contributed by atoms with Gasteiger partial charge in [-0.15, -0.1) is 0 Å². The van der Waals surface area contributed by atoms with Crippen molar-refractivity contribution in [2.24, 2.45) is 4.99 Å². The van der Waals surface area contributed by atoms with E-state index in [4.69, 9.17) is 5.41 Å². The van der Waals surface area contributed by atoms with Crippen LogP contribution < -0.4 is 5.30 Å². The van der Waals surface area contributed by atoms with Crippen molar-refractivity contribution in [3.05, 3.63) is 64.9 Å². The maximum absolute atomic E-state index is 10.2. The molecule has 0 aliphatic rings. The van der Waals surface area contributed by atoms with Crippen LogP contribution in [-0.4, -0.2) is 28.8 Å². The molecule has 136 valence electrons. The normalized spacial score (nSPS) is 12.3. The Bertz CT molecular complexity index is 853. The zero-order chi connectivity index (χ0) is 19.1. The van der Waals surface area contributed by atoms with Crippen LogP contribution in [-0.2, 0) is 6.42 Å². The Morgan fingerprint density at radius 1 is 1.23 bits per heavy atom. The highest BCUT2D eigenvalue weighted by molar-refractivity contribution is 7.46. The van der Waals surface area contributed by atoms with Crippen molar-refractivity contribution >= 4 is 31.5 Å². The van der Waals surface area contributed by atoms with Gasteiger partial charge in [-0.25, -0.2) is 0 Å². The fourth-order valence-electron chi connectivity index (χ4n) is 2.66. The van der Waals surface area contributed by atoms with E-state index in [0.717, 1.165) is 22.1 Å². The molecule has 5 heteroatoms. The number of aryl methyl sites for hydroxylation is 2. The predicted molar refractivity (Wildman–Crippen MR) is 113 cm³/mol. The molecule has 0 radical (unpaired) electrons. The molecule has 26 heavy (non-hydrogen) atoms. The summed E-state index contributed by atoms with van der Waals surface area (Å²) in [6, 6.07) is 11.7. The fourth-order valence-corrected chi connectivity index (χ4v) is 3.39. The molecule has 2 aromatic carbocycles. The number of hydrogen-bond acceptors (Lipinski definition) is 4. The van der Waals surface area contributed by atoms with Gasteiger partial charge in [0.15, 0.2) is 0 Å². The smallest absolute Gasteiger partial charge is 0.127 e. The summed E-state index contributed by atoms with van der Waals surface area (Å²) in [5.74, 6) is 0.395. The van der Waals surface area contributed by atoms with Gasteiger partial charge in [0.2, 0.25) is 0 Å². The van der Waals surface area contributed by atoms with E-state index in [1.54, 1.807) is 13.1 Å². The first kappa shape index (κ1) is 19.9. The molecule has 0 aliphatic heterocycles. The summed E-state index contributed by atoms with van der Waals surface area (Å²) < 4.78 is 0. The molecule has 2 rings (SSSR count). The van der Waals surface area contributed by atoms with Gasteiger partial charge in [0.05, 0.1) is 11.4 Å². The van der Waals surface area contributed by atoms with Crippen LogP contribution in [0.5, 0.6) is 5.75 Å². The van der Waals surface area contributed by atoms with Crippen LogP contribution in [0.4, 0.5) is 5.69 Å². The number of phenols is 1. The van der Waals surface area contributed by atoms with Gasteiger partial charge in [-0.05, 0) is 61.9 Å². The minimum absolute atomic E-state index is 0.145. The molecule has 0 heterocycles. The maximum atomic E-state index is 10.2. The Morgan fingerprint density at radius 3 is 2.65 bits per heavy atom. The van der Waals surface area contributed by atoms with E-state index < -0.39 is 0 Å². The summed E-state index contributed by atoms with van der Waals surface area (Å²) in [6.07, 6.45) is 4.38. The van der Waals surface area contributed by atoms with Crippen molar-refractivity contribution in [1.29, 1.82) is 5.41 Å². The van der Waals surface area contributed by atoms with Gasteiger partial charge in [0.1, 0.15) is 5.75 Å². The molecule has 0 saturated carbocycles. The number of allylic oxidation sites excluding steroid dienone is 2. The predicted octanol–water partition coefficient (Wildman–Crippen LogP) is 4.80. The lowest BCUT2D eigenvalue weighted by Gasteiger charge is -2.10. The molecule has 4 nitrogen and oxygen atoms in total. The number of nitrogens with zero attached hydrogens (tertiary/aromatic N) is 1. The monoisotopic (exact) mass is 368 g/mol. The third kappa shape index (κ3) is 5.27.